The van der Waals surface area contributed by atoms with Crippen LogP contribution in [0.4, 0.5) is 0 Å². The molecule has 0 heterocycles. The smallest absolute Gasteiger partial charge is 0.246 e. The van der Waals surface area contributed by atoms with Crippen molar-refractivity contribution < 1.29 is 14.3 Å². The lowest BCUT2D eigenvalue weighted by molar-refractivity contribution is -0.127. The lowest BCUT2D eigenvalue weighted by Gasteiger charge is -2.12. The van der Waals surface area contributed by atoms with E-state index in [1.165, 1.54) is 25.7 Å². The molecule has 0 aromatic carbocycles. The number of carbonyl (C=O) groups is 1. The zero-order valence-electron chi connectivity index (χ0n) is 10.3. The highest BCUT2D eigenvalue weighted by atomic mass is 16.5. The van der Waals surface area contributed by atoms with Gasteiger partial charge < -0.3 is 14.8 Å². The molecule has 0 bridgehead atoms. The van der Waals surface area contributed by atoms with Gasteiger partial charge in [-0.1, -0.05) is 12.8 Å². The molecule has 0 saturated heterocycles. The van der Waals surface area contributed by atoms with Gasteiger partial charge in [0.25, 0.3) is 0 Å². The predicted molar refractivity (Wildman–Crippen MR) is 62.3 cm³/mol. The molecule has 1 saturated carbocycles. The Balaban J connectivity index is 1.91. The van der Waals surface area contributed by atoms with Crippen molar-refractivity contribution in [3.63, 3.8) is 0 Å². The first-order valence-corrected chi connectivity index (χ1v) is 6.18. The van der Waals surface area contributed by atoms with Crippen LogP contribution in [0.5, 0.6) is 0 Å². The van der Waals surface area contributed by atoms with Crippen molar-refractivity contribution in [3.05, 3.63) is 0 Å². The molecule has 0 aromatic heterocycles. The first kappa shape index (κ1) is 13.5. The molecule has 0 radical (unpaired) electrons. The summed E-state index contributed by atoms with van der Waals surface area (Å²) in [5.41, 5.74) is 0. The molecular formula is C12H23NO3. The van der Waals surface area contributed by atoms with Crippen LogP contribution in [0.15, 0.2) is 0 Å². The molecular weight excluding hydrogens is 206 g/mol. The van der Waals surface area contributed by atoms with Crippen molar-refractivity contribution >= 4 is 5.91 Å². The number of rotatable bonds is 7. The fourth-order valence-corrected chi connectivity index (χ4v) is 1.76. The minimum Gasteiger partial charge on any atom is -0.376 e. The van der Waals surface area contributed by atoms with E-state index < -0.39 is 0 Å². The van der Waals surface area contributed by atoms with Gasteiger partial charge in [0.2, 0.25) is 5.91 Å². The van der Waals surface area contributed by atoms with Crippen molar-refractivity contribution in [1.29, 1.82) is 0 Å². The maximum atomic E-state index is 11.3. The molecule has 0 unspecified atom stereocenters. The number of amides is 1. The third-order valence-corrected chi connectivity index (χ3v) is 2.63. The summed E-state index contributed by atoms with van der Waals surface area (Å²) in [7, 11) is 0. The number of hydrogen-bond acceptors (Lipinski definition) is 3. The quantitative estimate of drug-likeness (QED) is 0.673. The summed E-state index contributed by atoms with van der Waals surface area (Å²) >= 11 is 0. The largest absolute Gasteiger partial charge is 0.376 e. The number of carbonyl (C=O) groups excluding carboxylic acids is 1. The highest BCUT2D eigenvalue weighted by molar-refractivity contribution is 5.77. The first-order valence-electron chi connectivity index (χ1n) is 6.18. The molecule has 1 amide bonds. The summed E-state index contributed by atoms with van der Waals surface area (Å²) in [6.07, 6.45) is 5.41. The molecule has 1 aliphatic rings. The van der Waals surface area contributed by atoms with Crippen LogP contribution in [-0.2, 0) is 14.3 Å². The van der Waals surface area contributed by atoms with Crippen molar-refractivity contribution in [2.24, 2.45) is 0 Å². The van der Waals surface area contributed by atoms with Crippen LogP contribution in [0.25, 0.3) is 0 Å². The Labute approximate surface area is 97.7 Å². The van der Waals surface area contributed by atoms with Crippen molar-refractivity contribution in [2.45, 2.75) is 51.7 Å². The van der Waals surface area contributed by atoms with Gasteiger partial charge in [0.05, 0.1) is 18.8 Å². The van der Waals surface area contributed by atoms with Crippen LogP contribution in [-0.4, -0.2) is 37.9 Å². The monoisotopic (exact) mass is 229 g/mol. The van der Waals surface area contributed by atoms with Gasteiger partial charge in [-0.15, -0.1) is 0 Å². The topological polar surface area (TPSA) is 47.6 Å². The molecule has 1 N–H and O–H groups in total. The van der Waals surface area contributed by atoms with Crippen LogP contribution in [0.1, 0.15) is 39.5 Å². The molecule has 4 heteroatoms. The zero-order chi connectivity index (χ0) is 11.8. The fraction of sp³-hybridized carbons (Fsp3) is 0.917. The third kappa shape index (κ3) is 6.08. The minimum atomic E-state index is -0.0660. The second kappa shape index (κ2) is 7.63. The van der Waals surface area contributed by atoms with E-state index >= 15 is 0 Å². The molecule has 4 nitrogen and oxygen atoms in total. The molecule has 16 heavy (non-hydrogen) atoms. The summed E-state index contributed by atoms with van der Waals surface area (Å²) in [5.74, 6) is -0.0660. The van der Waals surface area contributed by atoms with Crippen LogP contribution in [0, 0.1) is 0 Å². The van der Waals surface area contributed by atoms with E-state index in [4.69, 9.17) is 9.47 Å². The molecule has 1 rings (SSSR count). The summed E-state index contributed by atoms with van der Waals surface area (Å²) < 4.78 is 10.8. The predicted octanol–water partition coefficient (Wildman–Crippen LogP) is 1.49. The normalized spacial score (nSPS) is 16.9. The zero-order valence-corrected chi connectivity index (χ0v) is 10.3. The maximum Gasteiger partial charge on any atom is 0.246 e. The molecule has 0 aliphatic heterocycles. The average Bonchev–Trinajstić information content (AvgIpc) is 2.74. The Hall–Kier alpha value is -0.610. The SMILES string of the molecule is CC(C)OCC(=O)NCCOC1CCCC1. The maximum absolute atomic E-state index is 11.3. The highest BCUT2D eigenvalue weighted by Gasteiger charge is 2.14. The molecule has 1 aliphatic carbocycles. The first-order chi connectivity index (χ1) is 7.68. The Morgan fingerprint density at radius 2 is 2.06 bits per heavy atom. The van der Waals surface area contributed by atoms with Crippen LogP contribution < -0.4 is 5.32 Å². The minimum absolute atomic E-state index is 0.0660. The van der Waals surface area contributed by atoms with Crippen LogP contribution in [0.3, 0.4) is 0 Å². The Morgan fingerprint density at radius 1 is 1.38 bits per heavy atom. The summed E-state index contributed by atoms with van der Waals surface area (Å²) in [4.78, 5) is 11.3. The van der Waals surface area contributed by atoms with E-state index in [-0.39, 0.29) is 18.6 Å². The van der Waals surface area contributed by atoms with E-state index in [9.17, 15) is 4.79 Å². The molecule has 94 valence electrons. The molecule has 1 fully saturated rings. The number of hydrogen-bond donors (Lipinski definition) is 1. The Kier molecular flexibility index (Phi) is 6.42. The van der Waals surface area contributed by atoms with Gasteiger partial charge in [0.15, 0.2) is 0 Å². The molecule has 0 spiro atoms. The van der Waals surface area contributed by atoms with Crippen molar-refractivity contribution in [3.8, 4) is 0 Å². The Bertz CT molecular complexity index is 200. The summed E-state index contributed by atoms with van der Waals surface area (Å²) in [5, 5.41) is 2.77. The van der Waals surface area contributed by atoms with Crippen molar-refractivity contribution in [2.75, 3.05) is 19.8 Å². The van der Waals surface area contributed by atoms with Crippen LogP contribution in [0.2, 0.25) is 0 Å². The summed E-state index contributed by atoms with van der Waals surface area (Å²) in [6.45, 7) is 5.16. The van der Waals surface area contributed by atoms with Gasteiger partial charge in [-0.25, -0.2) is 0 Å². The van der Waals surface area contributed by atoms with Crippen molar-refractivity contribution in [1.82, 2.24) is 5.32 Å². The van der Waals surface area contributed by atoms with Crippen LogP contribution >= 0.6 is 0 Å². The van der Waals surface area contributed by atoms with Gasteiger partial charge in [-0.05, 0) is 26.7 Å². The lowest BCUT2D eigenvalue weighted by Crippen LogP contribution is -2.32. The molecule has 0 aromatic rings. The third-order valence-electron chi connectivity index (χ3n) is 2.63. The van der Waals surface area contributed by atoms with Gasteiger partial charge in [-0.3, -0.25) is 4.79 Å². The second-order valence-corrected chi connectivity index (χ2v) is 4.49. The summed E-state index contributed by atoms with van der Waals surface area (Å²) in [6, 6.07) is 0. The molecule has 0 atom stereocenters. The average molecular weight is 229 g/mol. The fourth-order valence-electron chi connectivity index (χ4n) is 1.76. The second-order valence-electron chi connectivity index (χ2n) is 4.49. The van der Waals surface area contributed by atoms with E-state index in [1.54, 1.807) is 0 Å². The lowest BCUT2D eigenvalue weighted by atomic mass is 10.3. The van der Waals surface area contributed by atoms with Gasteiger partial charge in [0.1, 0.15) is 6.61 Å². The van der Waals surface area contributed by atoms with E-state index in [0.29, 0.717) is 19.3 Å². The van der Waals surface area contributed by atoms with Gasteiger partial charge in [0, 0.05) is 6.54 Å². The van der Waals surface area contributed by atoms with Gasteiger partial charge in [-0.2, -0.15) is 0 Å². The van der Waals surface area contributed by atoms with Gasteiger partial charge >= 0.3 is 0 Å². The van der Waals surface area contributed by atoms with E-state index in [1.807, 2.05) is 13.8 Å². The number of ether oxygens (including phenoxy) is 2. The number of nitrogens with one attached hydrogen (secondary N) is 1. The van der Waals surface area contributed by atoms with E-state index in [0.717, 1.165) is 0 Å². The standard InChI is InChI=1S/C12H23NO3/c1-10(2)16-9-12(14)13-7-8-15-11-5-3-4-6-11/h10-11H,3-9H2,1-2H3,(H,13,14). The highest BCUT2D eigenvalue weighted by Crippen LogP contribution is 2.20. The Morgan fingerprint density at radius 3 is 2.69 bits per heavy atom. The van der Waals surface area contributed by atoms with E-state index in [2.05, 4.69) is 5.32 Å².